The van der Waals surface area contributed by atoms with E-state index >= 15 is 0 Å². The number of carbonyl (C=O) groups excluding carboxylic acids is 1. The summed E-state index contributed by atoms with van der Waals surface area (Å²) in [6.45, 7) is -0.253. The van der Waals surface area contributed by atoms with Gasteiger partial charge in [0, 0.05) is 0 Å². The van der Waals surface area contributed by atoms with Crippen LogP contribution in [0.1, 0.15) is 0 Å². The first-order chi connectivity index (χ1) is 9.74. The van der Waals surface area contributed by atoms with Crippen LogP contribution in [0.3, 0.4) is 0 Å². The summed E-state index contributed by atoms with van der Waals surface area (Å²) in [6, 6.07) is 6.81. The number of aromatic nitrogens is 6. The van der Waals surface area contributed by atoms with Crippen molar-refractivity contribution in [2.45, 2.75) is 6.54 Å². The lowest BCUT2D eigenvalue weighted by Gasteiger charge is -2.04. The van der Waals surface area contributed by atoms with Crippen molar-refractivity contribution in [1.29, 1.82) is 0 Å². The summed E-state index contributed by atoms with van der Waals surface area (Å²) in [5.41, 5.74) is 0.118. The molecule has 1 aromatic carbocycles. The molecule has 0 bridgehead atoms. The van der Waals surface area contributed by atoms with E-state index in [9.17, 15) is 9.59 Å². The fourth-order valence-electron chi connectivity index (χ4n) is 1.70. The largest absolute Gasteiger partial charge is 0.293 e. The van der Waals surface area contributed by atoms with E-state index in [2.05, 4.69) is 30.8 Å². The van der Waals surface area contributed by atoms with E-state index in [0.29, 0.717) is 10.9 Å². The lowest BCUT2D eigenvalue weighted by atomic mass is 10.2. The van der Waals surface area contributed by atoms with E-state index < -0.39 is 5.91 Å². The molecule has 0 radical (unpaired) electrons. The van der Waals surface area contributed by atoms with Crippen LogP contribution in [0.4, 0.5) is 5.95 Å². The quantitative estimate of drug-likeness (QED) is 0.666. The number of amides is 1. The Morgan fingerprint density at radius 2 is 2.20 bits per heavy atom. The summed E-state index contributed by atoms with van der Waals surface area (Å²) in [5, 5.41) is 16.5. The lowest BCUT2D eigenvalue weighted by Crippen LogP contribution is -2.30. The SMILES string of the molecule is O=C(Cn1nnc2ccccc2c1=O)Nc1ncn[nH]1. The van der Waals surface area contributed by atoms with Crippen molar-refractivity contribution in [2.24, 2.45) is 0 Å². The summed E-state index contributed by atoms with van der Waals surface area (Å²) in [4.78, 5) is 27.6. The third kappa shape index (κ3) is 2.23. The second-order valence-corrected chi connectivity index (χ2v) is 3.95. The van der Waals surface area contributed by atoms with Gasteiger partial charge < -0.3 is 0 Å². The average Bonchev–Trinajstić information content (AvgIpc) is 2.95. The summed E-state index contributed by atoms with van der Waals surface area (Å²) in [6.07, 6.45) is 1.26. The number of fused-ring (bicyclic) bond motifs is 1. The Morgan fingerprint density at radius 3 is 3.00 bits per heavy atom. The summed E-state index contributed by atoms with van der Waals surface area (Å²) < 4.78 is 0.994. The second kappa shape index (κ2) is 4.88. The van der Waals surface area contributed by atoms with Crippen LogP contribution in [0, 0.1) is 0 Å². The molecule has 100 valence electrons. The van der Waals surface area contributed by atoms with Crippen LogP contribution >= 0.6 is 0 Å². The van der Waals surface area contributed by atoms with Gasteiger partial charge in [-0.05, 0) is 12.1 Å². The van der Waals surface area contributed by atoms with Gasteiger partial charge in [-0.3, -0.25) is 14.9 Å². The Labute approximate surface area is 111 Å². The van der Waals surface area contributed by atoms with Crippen molar-refractivity contribution in [1.82, 2.24) is 30.2 Å². The van der Waals surface area contributed by atoms with Gasteiger partial charge in [-0.2, -0.15) is 10.1 Å². The van der Waals surface area contributed by atoms with Gasteiger partial charge in [0.25, 0.3) is 5.56 Å². The van der Waals surface area contributed by atoms with E-state index in [0.717, 1.165) is 4.68 Å². The minimum atomic E-state index is -0.451. The van der Waals surface area contributed by atoms with E-state index in [1.807, 2.05) is 0 Å². The van der Waals surface area contributed by atoms with Gasteiger partial charge in [-0.15, -0.1) is 5.10 Å². The lowest BCUT2D eigenvalue weighted by molar-refractivity contribution is -0.117. The van der Waals surface area contributed by atoms with Gasteiger partial charge in [0.05, 0.1) is 5.39 Å². The van der Waals surface area contributed by atoms with Crippen molar-refractivity contribution < 1.29 is 4.79 Å². The molecule has 1 amide bonds. The zero-order valence-corrected chi connectivity index (χ0v) is 10.1. The summed E-state index contributed by atoms with van der Waals surface area (Å²) in [7, 11) is 0. The fourth-order valence-corrected chi connectivity index (χ4v) is 1.70. The highest BCUT2D eigenvalue weighted by Crippen LogP contribution is 2.03. The second-order valence-electron chi connectivity index (χ2n) is 3.95. The number of benzene rings is 1. The normalized spacial score (nSPS) is 10.6. The molecule has 0 aliphatic heterocycles. The molecule has 3 aromatic rings. The van der Waals surface area contributed by atoms with Crippen molar-refractivity contribution in [2.75, 3.05) is 5.32 Å². The zero-order chi connectivity index (χ0) is 13.9. The number of hydrogen-bond donors (Lipinski definition) is 2. The van der Waals surface area contributed by atoms with Crippen LogP contribution in [0.5, 0.6) is 0 Å². The number of hydrogen-bond acceptors (Lipinski definition) is 6. The Kier molecular flexibility index (Phi) is 2.92. The third-order valence-electron chi connectivity index (χ3n) is 2.60. The maximum absolute atomic E-state index is 12.1. The molecule has 2 heterocycles. The molecule has 0 aliphatic rings. The summed E-state index contributed by atoms with van der Waals surface area (Å²) in [5.74, 6) is -0.245. The smallest absolute Gasteiger partial charge is 0.278 e. The van der Waals surface area contributed by atoms with Gasteiger partial charge in [-0.1, -0.05) is 17.3 Å². The van der Waals surface area contributed by atoms with Crippen LogP contribution in [-0.4, -0.2) is 36.1 Å². The van der Waals surface area contributed by atoms with Crippen LogP contribution in [0.15, 0.2) is 35.4 Å². The molecule has 0 saturated heterocycles. The van der Waals surface area contributed by atoms with Crippen LogP contribution in [0.2, 0.25) is 0 Å². The molecular formula is C11H9N7O2. The summed E-state index contributed by atoms with van der Waals surface area (Å²) >= 11 is 0. The molecule has 9 nitrogen and oxygen atoms in total. The first kappa shape index (κ1) is 12.0. The van der Waals surface area contributed by atoms with Crippen LogP contribution < -0.4 is 10.9 Å². The number of anilines is 1. The molecular weight excluding hydrogens is 262 g/mol. The maximum Gasteiger partial charge on any atom is 0.278 e. The Balaban J connectivity index is 1.86. The van der Waals surface area contributed by atoms with Crippen molar-refractivity contribution in [3.8, 4) is 0 Å². The first-order valence-electron chi connectivity index (χ1n) is 5.72. The number of nitrogens with one attached hydrogen (secondary N) is 2. The topological polar surface area (TPSA) is 118 Å². The van der Waals surface area contributed by atoms with Crippen molar-refractivity contribution in [3.63, 3.8) is 0 Å². The van der Waals surface area contributed by atoms with Crippen molar-refractivity contribution in [3.05, 3.63) is 40.9 Å². The Hall–Kier alpha value is -3.10. The number of carbonyl (C=O) groups is 1. The highest BCUT2D eigenvalue weighted by Gasteiger charge is 2.10. The molecule has 0 aliphatic carbocycles. The van der Waals surface area contributed by atoms with Gasteiger partial charge >= 0.3 is 0 Å². The number of H-pyrrole nitrogens is 1. The molecule has 0 atom stereocenters. The van der Waals surface area contributed by atoms with Gasteiger partial charge in [0.1, 0.15) is 18.4 Å². The van der Waals surface area contributed by atoms with E-state index in [1.165, 1.54) is 6.33 Å². The monoisotopic (exact) mass is 271 g/mol. The van der Waals surface area contributed by atoms with Crippen molar-refractivity contribution >= 4 is 22.8 Å². The highest BCUT2D eigenvalue weighted by atomic mass is 16.2. The minimum absolute atomic E-state index is 0.205. The van der Waals surface area contributed by atoms with Crippen LogP contribution in [-0.2, 0) is 11.3 Å². The van der Waals surface area contributed by atoms with Crippen LogP contribution in [0.25, 0.3) is 10.9 Å². The van der Waals surface area contributed by atoms with E-state index in [1.54, 1.807) is 24.3 Å². The maximum atomic E-state index is 12.1. The number of rotatable bonds is 3. The number of nitrogens with zero attached hydrogens (tertiary/aromatic N) is 5. The van der Waals surface area contributed by atoms with Gasteiger partial charge in [-0.25, -0.2) is 9.78 Å². The Bertz CT molecular complexity index is 809. The fraction of sp³-hybridized carbons (Fsp3) is 0.0909. The molecule has 2 aromatic heterocycles. The predicted molar refractivity (Wildman–Crippen MR) is 68.8 cm³/mol. The molecule has 0 unspecified atom stereocenters. The predicted octanol–water partition coefficient (Wildman–Crippen LogP) is -0.452. The molecule has 3 rings (SSSR count). The molecule has 0 saturated carbocycles. The first-order valence-corrected chi connectivity index (χ1v) is 5.72. The average molecular weight is 271 g/mol. The molecule has 0 spiro atoms. The van der Waals surface area contributed by atoms with E-state index in [4.69, 9.17) is 0 Å². The zero-order valence-electron chi connectivity index (χ0n) is 10.1. The number of aromatic amines is 1. The standard InChI is InChI=1S/C11H9N7O2/c19-9(14-11-12-6-13-16-11)5-18-10(20)7-3-1-2-4-8(7)15-17-18/h1-4,6H,5H2,(H2,12,13,14,16,19). The van der Waals surface area contributed by atoms with Gasteiger partial charge in [0.2, 0.25) is 11.9 Å². The van der Waals surface area contributed by atoms with E-state index in [-0.39, 0.29) is 18.1 Å². The molecule has 20 heavy (non-hydrogen) atoms. The molecule has 0 fully saturated rings. The van der Waals surface area contributed by atoms with Gasteiger partial charge in [0.15, 0.2) is 0 Å². The highest BCUT2D eigenvalue weighted by molar-refractivity contribution is 5.88. The molecule has 9 heteroatoms. The molecule has 2 N–H and O–H groups in total. The minimum Gasteiger partial charge on any atom is -0.293 e. The third-order valence-corrected chi connectivity index (χ3v) is 2.60. The Morgan fingerprint density at radius 1 is 1.35 bits per heavy atom.